The molecule has 1 aromatic carbocycles. The van der Waals surface area contributed by atoms with Crippen molar-refractivity contribution in [3.63, 3.8) is 0 Å². The molecule has 0 radical (unpaired) electrons. The lowest BCUT2D eigenvalue weighted by Gasteiger charge is -2.32. The van der Waals surface area contributed by atoms with Gasteiger partial charge in [0, 0.05) is 5.56 Å². The van der Waals surface area contributed by atoms with E-state index in [9.17, 15) is 5.11 Å². The molecule has 3 nitrogen and oxygen atoms in total. The summed E-state index contributed by atoms with van der Waals surface area (Å²) in [7, 11) is 0. The highest BCUT2D eigenvalue weighted by Crippen LogP contribution is 2.27. The van der Waals surface area contributed by atoms with E-state index in [-0.39, 0.29) is 12.4 Å². The molecular formula is C25H40O3. The fraction of sp³-hybridized carbons (Fsp3) is 0.680. The lowest BCUT2D eigenvalue weighted by Crippen LogP contribution is -2.39. The third-order valence-corrected chi connectivity index (χ3v) is 5.45. The van der Waals surface area contributed by atoms with Gasteiger partial charge in [0.1, 0.15) is 12.2 Å². The summed E-state index contributed by atoms with van der Waals surface area (Å²) in [5.41, 5.74) is 0.998. The minimum absolute atomic E-state index is 0.285. The van der Waals surface area contributed by atoms with Gasteiger partial charge in [-0.05, 0) is 12.8 Å². The van der Waals surface area contributed by atoms with E-state index in [4.69, 9.17) is 9.47 Å². The van der Waals surface area contributed by atoms with Crippen molar-refractivity contribution >= 4 is 0 Å². The van der Waals surface area contributed by atoms with Crippen molar-refractivity contribution in [2.24, 2.45) is 0 Å². The fourth-order valence-electron chi connectivity index (χ4n) is 3.67. The zero-order valence-corrected chi connectivity index (χ0v) is 17.7. The Labute approximate surface area is 172 Å². The number of unbranched alkanes of at least 4 members (excludes halogenated alkanes) is 11. The topological polar surface area (TPSA) is 38.7 Å². The second-order valence-corrected chi connectivity index (χ2v) is 8.00. The Kier molecular flexibility index (Phi) is 12.2. The number of aliphatic hydroxyl groups is 1. The van der Waals surface area contributed by atoms with Gasteiger partial charge in [-0.3, -0.25) is 0 Å². The maximum Gasteiger partial charge on any atom is 0.184 e. The Morgan fingerprint density at radius 3 is 2.14 bits per heavy atom. The van der Waals surface area contributed by atoms with Crippen LogP contribution in [0.5, 0.6) is 0 Å². The first-order chi connectivity index (χ1) is 13.8. The van der Waals surface area contributed by atoms with E-state index in [0.717, 1.165) is 12.0 Å². The van der Waals surface area contributed by atoms with E-state index in [1.165, 1.54) is 70.6 Å². The molecule has 1 aromatic rings. The number of rotatable bonds is 14. The number of hydrogen-bond donors (Lipinski definition) is 1. The molecule has 1 N–H and O–H groups in total. The fourth-order valence-corrected chi connectivity index (χ4v) is 3.67. The van der Waals surface area contributed by atoms with Crippen LogP contribution in [0.3, 0.4) is 0 Å². The summed E-state index contributed by atoms with van der Waals surface area (Å²) in [6.07, 6.45) is 19.0. The van der Waals surface area contributed by atoms with Crippen LogP contribution in [0.2, 0.25) is 0 Å². The predicted molar refractivity (Wildman–Crippen MR) is 116 cm³/mol. The van der Waals surface area contributed by atoms with Crippen LogP contribution in [-0.2, 0) is 9.47 Å². The molecule has 158 valence electrons. The van der Waals surface area contributed by atoms with Gasteiger partial charge in [-0.1, -0.05) is 114 Å². The quantitative estimate of drug-likeness (QED) is 0.284. The minimum Gasteiger partial charge on any atom is -0.388 e. The van der Waals surface area contributed by atoms with Gasteiger partial charge in [0.05, 0.1) is 6.61 Å². The van der Waals surface area contributed by atoms with Gasteiger partial charge in [0.25, 0.3) is 0 Å². The summed E-state index contributed by atoms with van der Waals surface area (Å²) in [5.74, 6) is 0. The van der Waals surface area contributed by atoms with Crippen LogP contribution in [-0.4, -0.2) is 23.9 Å². The molecule has 1 aliphatic rings. The smallest absolute Gasteiger partial charge is 0.184 e. The molecule has 0 unspecified atom stereocenters. The number of ether oxygens (including phenoxy) is 2. The van der Waals surface area contributed by atoms with Crippen molar-refractivity contribution in [3.8, 4) is 0 Å². The zero-order valence-electron chi connectivity index (χ0n) is 17.7. The van der Waals surface area contributed by atoms with Gasteiger partial charge in [0.15, 0.2) is 6.29 Å². The lowest BCUT2D eigenvalue weighted by atomic mass is 10.0. The number of hydrogen-bond acceptors (Lipinski definition) is 3. The first-order valence-corrected chi connectivity index (χ1v) is 11.5. The van der Waals surface area contributed by atoms with Crippen LogP contribution in [0.4, 0.5) is 0 Å². The monoisotopic (exact) mass is 388 g/mol. The second-order valence-electron chi connectivity index (χ2n) is 8.00. The van der Waals surface area contributed by atoms with E-state index in [1.54, 1.807) is 0 Å². The van der Waals surface area contributed by atoms with E-state index >= 15 is 0 Å². The molecular weight excluding hydrogens is 348 g/mol. The molecule has 3 atom stereocenters. The summed E-state index contributed by atoms with van der Waals surface area (Å²) in [5, 5.41) is 10.1. The molecule has 0 aromatic heterocycles. The van der Waals surface area contributed by atoms with E-state index in [2.05, 4.69) is 13.0 Å². The Hall–Kier alpha value is -1.16. The Morgan fingerprint density at radius 2 is 1.50 bits per heavy atom. The minimum atomic E-state index is -0.589. The number of benzene rings is 1. The molecule has 1 heterocycles. The summed E-state index contributed by atoms with van der Waals surface area (Å²) < 4.78 is 11.6. The van der Waals surface area contributed by atoms with Gasteiger partial charge in [-0.25, -0.2) is 0 Å². The second kappa shape index (κ2) is 14.8. The van der Waals surface area contributed by atoms with Gasteiger partial charge < -0.3 is 14.6 Å². The van der Waals surface area contributed by atoms with Crippen molar-refractivity contribution in [1.82, 2.24) is 0 Å². The van der Waals surface area contributed by atoms with Crippen LogP contribution in [0.1, 0.15) is 95.8 Å². The van der Waals surface area contributed by atoms with Gasteiger partial charge in [0.2, 0.25) is 0 Å². The van der Waals surface area contributed by atoms with Crippen molar-refractivity contribution in [1.29, 1.82) is 0 Å². The molecule has 0 amide bonds. The van der Waals surface area contributed by atoms with Crippen LogP contribution >= 0.6 is 0 Å². The van der Waals surface area contributed by atoms with Crippen LogP contribution in [0.25, 0.3) is 0 Å². The molecule has 2 rings (SSSR count). The average Bonchev–Trinajstić information content (AvgIpc) is 2.73. The molecule has 1 fully saturated rings. The Morgan fingerprint density at radius 1 is 0.893 bits per heavy atom. The Balaban J connectivity index is 1.51. The number of aliphatic hydroxyl groups excluding tert-OH is 1. The lowest BCUT2D eigenvalue weighted by molar-refractivity contribution is -0.243. The maximum absolute atomic E-state index is 10.1. The summed E-state index contributed by atoms with van der Waals surface area (Å²) in [6.45, 7) is 2.59. The van der Waals surface area contributed by atoms with Gasteiger partial charge in [-0.2, -0.15) is 0 Å². The van der Waals surface area contributed by atoms with Gasteiger partial charge >= 0.3 is 0 Å². The molecule has 1 saturated heterocycles. The number of allylic oxidation sites excluding steroid dienone is 1. The maximum atomic E-state index is 10.1. The first-order valence-electron chi connectivity index (χ1n) is 11.5. The van der Waals surface area contributed by atoms with Crippen molar-refractivity contribution < 1.29 is 14.6 Å². The van der Waals surface area contributed by atoms with Crippen LogP contribution in [0, 0.1) is 0 Å². The van der Waals surface area contributed by atoms with E-state index in [1.807, 2.05) is 36.4 Å². The zero-order chi connectivity index (χ0) is 19.9. The van der Waals surface area contributed by atoms with Crippen LogP contribution in [0.15, 0.2) is 42.5 Å². The third-order valence-electron chi connectivity index (χ3n) is 5.45. The molecule has 0 spiro atoms. The largest absolute Gasteiger partial charge is 0.388 e. The Bertz CT molecular complexity index is 514. The van der Waals surface area contributed by atoms with Crippen molar-refractivity contribution in [2.45, 2.75) is 102 Å². The van der Waals surface area contributed by atoms with E-state index in [0.29, 0.717) is 6.61 Å². The SMILES string of the molecule is CCCCCCCCCCCCC/C=C/[C@@H]1O[C@H](c2ccccc2)OC[C@H]1O. The molecule has 1 aliphatic heterocycles. The molecule has 28 heavy (non-hydrogen) atoms. The predicted octanol–water partition coefficient (Wildman–Crippen LogP) is 6.72. The first kappa shape index (κ1) is 23.1. The standard InChI is InChI=1S/C25H40O3/c1-2-3-4-5-6-7-8-9-10-11-12-13-17-20-24-23(26)21-27-25(28-24)22-18-15-14-16-19-22/h14-20,23-26H,2-13,21H2,1H3/b20-17+/t23-,24+,25-/m1/s1. The summed E-state index contributed by atoms with van der Waals surface area (Å²) >= 11 is 0. The highest BCUT2D eigenvalue weighted by atomic mass is 16.7. The average molecular weight is 389 g/mol. The van der Waals surface area contributed by atoms with Crippen molar-refractivity contribution in [3.05, 3.63) is 48.0 Å². The molecule has 0 aliphatic carbocycles. The highest BCUT2D eigenvalue weighted by Gasteiger charge is 2.29. The normalized spacial score (nSPS) is 22.7. The van der Waals surface area contributed by atoms with Crippen molar-refractivity contribution in [2.75, 3.05) is 6.61 Å². The molecule has 0 bridgehead atoms. The summed E-state index contributed by atoms with van der Waals surface area (Å²) in [4.78, 5) is 0. The van der Waals surface area contributed by atoms with Gasteiger partial charge in [-0.15, -0.1) is 0 Å². The third kappa shape index (κ3) is 9.36. The summed E-state index contributed by atoms with van der Waals surface area (Å²) in [6, 6.07) is 9.92. The molecule has 3 heteroatoms. The highest BCUT2D eigenvalue weighted by molar-refractivity contribution is 5.16. The van der Waals surface area contributed by atoms with Crippen LogP contribution < -0.4 is 0 Å². The molecule has 0 saturated carbocycles. The van der Waals surface area contributed by atoms with E-state index < -0.39 is 6.10 Å².